The van der Waals surface area contributed by atoms with Gasteiger partial charge in [0.1, 0.15) is 0 Å². The Balaban J connectivity index is 1.79. The van der Waals surface area contributed by atoms with Gasteiger partial charge in [-0.2, -0.15) is 0 Å². The zero-order valence-electron chi connectivity index (χ0n) is 15.5. The minimum atomic E-state index is -0.212. The first-order valence-corrected chi connectivity index (χ1v) is 9.53. The van der Waals surface area contributed by atoms with Gasteiger partial charge in [0.2, 0.25) is 11.8 Å². The van der Waals surface area contributed by atoms with Crippen LogP contribution < -0.4 is 16.0 Å². The van der Waals surface area contributed by atoms with Crippen LogP contribution in [0.4, 0.5) is 5.69 Å². The summed E-state index contributed by atoms with van der Waals surface area (Å²) in [5, 5.41) is 10.1. The lowest BCUT2D eigenvalue weighted by atomic mass is 10.2. The molecule has 3 N–H and O–H groups in total. The fourth-order valence-electron chi connectivity index (χ4n) is 2.39. The quantitative estimate of drug-likeness (QED) is 0.610. The van der Waals surface area contributed by atoms with Gasteiger partial charge in [-0.1, -0.05) is 13.0 Å². The minimum Gasteiger partial charge on any atom is -0.355 e. The van der Waals surface area contributed by atoms with E-state index in [9.17, 15) is 14.4 Å². The molecule has 0 aliphatic carbocycles. The molecule has 1 heterocycles. The molecule has 1 aromatic heterocycles. The van der Waals surface area contributed by atoms with Crippen molar-refractivity contribution in [3.8, 4) is 0 Å². The van der Waals surface area contributed by atoms with Crippen molar-refractivity contribution in [2.75, 3.05) is 32.0 Å². The fraction of sp³-hybridized carbons (Fsp3) is 0.316. The minimum absolute atomic E-state index is 0.111. The molecule has 2 aromatic rings. The van der Waals surface area contributed by atoms with E-state index in [4.69, 9.17) is 0 Å². The van der Waals surface area contributed by atoms with Gasteiger partial charge in [-0.05, 0) is 42.3 Å². The lowest BCUT2D eigenvalue weighted by Crippen LogP contribution is -2.40. The number of likely N-dealkylation sites (N-methyl/N-ethyl adjacent to an activating group) is 1. The monoisotopic (exact) mass is 388 g/mol. The predicted molar refractivity (Wildman–Crippen MR) is 107 cm³/mol. The summed E-state index contributed by atoms with van der Waals surface area (Å²) in [5.41, 5.74) is 1.12. The van der Waals surface area contributed by atoms with Crippen molar-refractivity contribution in [1.29, 1.82) is 0 Å². The van der Waals surface area contributed by atoms with Crippen LogP contribution in [0.1, 0.15) is 22.2 Å². The third kappa shape index (κ3) is 6.84. The van der Waals surface area contributed by atoms with Gasteiger partial charge >= 0.3 is 0 Å². The molecule has 0 fully saturated rings. The zero-order valence-corrected chi connectivity index (χ0v) is 16.3. The Morgan fingerprint density at radius 2 is 1.74 bits per heavy atom. The second-order valence-electron chi connectivity index (χ2n) is 5.86. The standard InChI is InChI=1S/C19H24N4O3S/c1-3-23(12-17(24)21-11-16-5-4-10-27-16)13-18(25)22-15-8-6-14(7-9-15)19(26)20-2/h4-10H,3,11-13H2,1-2H3,(H,20,26)(H,21,24)(H,22,25). The van der Waals surface area contributed by atoms with Crippen molar-refractivity contribution in [2.24, 2.45) is 0 Å². The number of hydrogen-bond donors (Lipinski definition) is 3. The van der Waals surface area contributed by atoms with Crippen molar-refractivity contribution >= 4 is 34.7 Å². The number of carbonyl (C=O) groups excluding carboxylic acids is 3. The number of carbonyl (C=O) groups is 3. The average Bonchev–Trinajstić information content (AvgIpc) is 3.19. The topological polar surface area (TPSA) is 90.5 Å². The number of amides is 3. The van der Waals surface area contributed by atoms with Gasteiger partial charge < -0.3 is 16.0 Å². The highest BCUT2D eigenvalue weighted by Crippen LogP contribution is 2.10. The third-order valence-corrected chi connectivity index (χ3v) is 4.76. The van der Waals surface area contributed by atoms with Crippen molar-refractivity contribution in [2.45, 2.75) is 13.5 Å². The van der Waals surface area contributed by atoms with E-state index in [1.165, 1.54) is 0 Å². The second-order valence-corrected chi connectivity index (χ2v) is 6.90. The molecule has 0 atom stereocenters. The summed E-state index contributed by atoms with van der Waals surface area (Å²) < 4.78 is 0. The molecule has 27 heavy (non-hydrogen) atoms. The smallest absolute Gasteiger partial charge is 0.251 e. The molecular formula is C19H24N4O3S. The summed E-state index contributed by atoms with van der Waals surface area (Å²) in [4.78, 5) is 38.6. The highest BCUT2D eigenvalue weighted by molar-refractivity contribution is 7.09. The van der Waals surface area contributed by atoms with E-state index in [0.717, 1.165) is 4.88 Å². The highest BCUT2D eigenvalue weighted by Gasteiger charge is 2.13. The van der Waals surface area contributed by atoms with Crippen LogP contribution in [0.25, 0.3) is 0 Å². The van der Waals surface area contributed by atoms with Crippen molar-refractivity contribution in [1.82, 2.24) is 15.5 Å². The van der Waals surface area contributed by atoms with Gasteiger partial charge in [0, 0.05) is 23.2 Å². The maximum atomic E-state index is 12.2. The number of rotatable bonds is 9. The van der Waals surface area contributed by atoms with Crippen LogP contribution in [0.2, 0.25) is 0 Å². The molecule has 1 aromatic carbocycles. The van der Waals surface area contributed by atoms with Crippen LogP contribution in [0.15, 0.2) is 41.8 Å². The van der Waals surface area contributed by atoms with Gasteiger partial charge in [-0.3, -0.25) is 19.3 Å². The Bertz CT molecular complexity index is 760. The van der Waals surface area contributed by atoms with Gasteiger partial charge in [0.05, 0.1) is 19.6 Å². The summed E-state index contributed by atoms with van der Waals surface area (Å²) >= 11 is 1.59. The molecule has 2 rings (SSSR count). The summed E-state index contributed by atoms with van der Waals surface area (Å²) in [5.74, 6) is -0.512. The Kier molecular flexibility index (Phi) is 7.97. The van der Waals surface area contributed by atoms with Gasteiger partial charge in [0.25, 0.3) is 5.91 Å². The fourth-order valence-corrected chi connectivity index (χ4v) is 3.03. The normalized spacial score (nSPS) is 10.5. The number of nitrogens with zero attached hydrogens (tertiary/aromatic N) is 1. The molecule has 0 aliphatic rings. The summed E-state index contributed by atoms with van der Waals surface area (Å²) in [6, 6.07) is 10.5. The van der Waals surface area contributed by atoms with Gasteiger partial charge in [0.15, 0.2) is 0 Å². The number of hydrogen-bond acceptors (Lipinski definition) is 5. The van der Waals surface area contributed by atoms with Gasteiger partial charge in [-0.15, -0.1) is 11.3 Å². The Morgan fingerprint density at radius 1 is 1.04 bits per heavy atom. The molecule has 7 nitrogen and oxygen atoms in total. The zero-order chi connectivity index (χ0) is 19.6. The Labute approximate surface area is 162 Å². The molecule has 0 radical (unpaired) electrons. The van der Waals surface area contributed by atoms with E-state index in [1.54, 1.807) is 47.5 Å². The SMILES string of the molecule is CCN(CC(=O)NCc1cccs1)CC(=O)Nc1ccc(C(=O)NC)cc1. The van der Waals surface area contributed by atoms with Crippen LogP contribution in [0.5, 0.6) is 0 Å². The molecule has 0 bridgehead atoms. The van der Waals surface area contributed by atoms with E-state index in [-0.39, 0.29) is 30.8 Å². The molecule has 0 saturated heterocycles. The first-order valence-electron chi connectivity index (χ1n) is 8.65. The van der Waals surface area contributed by atoms with E-state index in [2.05, 4.69) is 16.0 Å². The molecule has 3 amide bonds. The first-order chi connectivity index (χ1) is 13.0. The molecule has 0 spiro atoms. The summed E-state index contributed by atoms with van der Waals surface area (Å²) in [6.07, 6.45) is 0. The van der Waals surface area contributed by atoms with Gasteiger partial charge in [-0.25, -0.2) is 0 Å². The molecular weight excluding hydrogens is 364 g/mol. The van der Waals surface area contributed by atoms with Crippen LogP contribution in [-0.4, -0.2) is 49.3 Å². The first kappa shape index (κ1) is 20.6. The number of anilines is 1. The Hall–Kier alpha value is -2.71. The predicted octanol–water partition coefficient (Wildman–Crippen LogP) is 1.68. The number of benzene rings is 1. The average molecular weight is 388 g/mol. The molecule has 0 unspecified atom stereocenters. The molecule has 144 valence electrons. The third-order valence-electron chi connectivity index (χ3n) is 3.88. The lowest BCUT2D eigenvalue weighted by Gasteiger charge is -2.19. The van der Waals surface area contributed by atoms with Crippen molar-refractivity contribution < 1.29 is 14.4 Å². The highest BCUT2D eigenvalue weighted by atomic mass is 32.1. The molecule has 8 heteroatoms. The van der Waals surface area contributed by atoms with Crippen LogP contribution >= 0.6 is 11.3 Å². The summed E-state index contributed by atoms with van der Waals surface area (Å²) in [7, 11) is 1.56. The summed E-state index contributed by atoms with van der Waals surface area (Å²) in [6.45, 7) is 3.25. The number of nitrogens with one attached hydrogen (secondary N) is 3. The van der Waals surface area contributed by atoms with Crippen LogP contribution in [0.3, 0.4) is 0 Å². The van der Waals surface area contributed by atoms with E-state index >= 15 is 0 Å². The maximum Gasteiger partial charge on any atom is 0.251 e. The van der Waals surface area contributed by atoms with Crippen LogP contribution in [-0.2, 0) is 16.1 Å². The van der Waals surface area contributed by atoms with Crippen LogP contribution in [0, 0.1) is 0 Å². The van der Waals surface area contributed by atoms with Crippen molar-refractivity contribution in [3.05, 3.63) is 52.2 Å². The largest absolute Gasteiger partial charge is 0.355 e. The number of thiophene rings is 1. The Morgan fingerprint density at radius 3 is 2.33 bits per heavy atom. The lowest BCUT2D eigenvalue weighted by molar-refractivity contribution is -0.123. The van der Waals surface area contributed by atoms with E-state index in [1.807, 2.05) is 24.4 Å². The molecule has 0 saturated carbocycles. The second kappa shape index (κ2) is 10.4. The molecule has 0 aliphatic heterocycles. The van der Waals surface area contributed by atoms with Crippen molar-refractivity contribution in [3.63, 3.8) is 0 Å². The van der Waals surface area contributed by atoms with E-state index < -0.39 is 0 Å². The maximum absolute atomic E-state index is 12.2. The van der Waals surface area contributed by atoms with E-state index in [0.29, 0.717) is 24.3 Å².